The number of aliphatic hydroxyl groups excluding tert-OH is 1. The maximum atomic E-state index is 11.3. The topological polar surface area (TPSA) is 85.4 Å². The Bertz CT molecular complexity index is 1000. The van der Waals surface area contributed by atoms with Gasteiger partial charge in [0.05, 0.1) is 18.5 Å². The highest BCUT2D eigenvalue weighted by atomic mass is 16.3. The molecule has 3 aromatic rings. The third-order valence-electron chi connectivity index (χ3n) is 5.74. The molecule has 3 heterocycles. The molecule has 1 fully saturated rings. The number of aliphatic hydroxyl groups is 1. The Morgan fingerprint density at radius 2 is 1.90 bits per heavy atom. The van der Waals surface area contributed by atoms with Crippen molar-refractivity contribution in [2.24, 2.45) is 5.41 Å². The van der Waals surface area contributed by atoms with Gasteiger partial charge < -0.3 is 19.8 Å². The van der Waals surface area contributed by atoms with Gasteiger partial charge in [-0.1, -0.05) is 26.0 Å². The van der Waals surface area contributed by atoms with Crippen LogP contribution in [0.1, 0.15) is 19.4 Å². The average molecular weight is 408 g/mol. The smallest absolute Gasteiger partial charge is 0.156 e. The van der Waals surface area contributed by atoms with E-state index in [1.807, 2.05) is 20.0 Å². The highest BCUT2D eigenvalue weighted by Crippen LogP contribution is 2.27. The van der Waals surface area contributed by atoms with Crippen LogP contribution in [0.25, 0.3) is 22.4 Å². The fourth-order valence-corrected chi connectivity index (χ4v) is 3.96. The first-order valence-electron chi connectivity index (χ1n) is 10.5. The zero-order valence-electron chi connectivity index (χ0n) is 17.6. The second-order valence-corrected chi connectivity index (χ2v) is 8.65. The minimum absolute atomic E-state index is 0.218. The van der Waals surface area contributed by atoms with Gasteiger partial charge in [0.25, 0.3) is 0 Å². The Kier molecular flexibility index (Phi) is 5.83. The molecule has 0 unspecified atom stereocenters. The first-order valence-corrected chi connectivity index (χ1v) is 10.5. The van der Waals surface area contributed by atoms with E-state index < -0.39 is 5.41 Å². The standard InChI is InChI=1S/C23H29N5O2/c1-23(2,16-30)13-18-14-24-22-21(18)26-20(15-25-22)17-3-5-19(6-4-17)28-9-7-27(8-10-28)11-12-29/h3-6,14-16,29H,7-13H2,1-2H3,(H,24,25). The lowest BCUT2D eigenvalue weighted by atomic mass is 9.88. The van der Waals surface area contributed by atoms with Gasteiger partial charge in [-0.15, -0.1) is 0 Å². The SMILES string of the molecule is CC(C)(C=O)Cc1c[nH]c2ncc(-c3ccc(N4CCN(CCO)CC4)cc3)nc12. The van der Waals surface area contributed by atoms with E-state index in [1.54, 1.807) is 6.20 Å². The zero-order valence-corrected chi connectivity index (χ0v) is 17.6. The molecule has 2 N–H and O–H groups in total. The summed E-state index contributed by atoms with van der Waals surface area (Å²) in [6, 6.07) is 8.45. The van der Waals surface area contributed by atoms with Gasteiger partial charge in [-0.3, -0.25) is 4.90 Å². The molecular weight excluding hydrogens is 378 g/mol. The molecular formula is C23H29N5O2. The third kappa shape index (κ3) is 4.37. The molecule has 0 spiro atoms. The van der Waals surface area contributed by atoms with Gasteiger partial charge in [0, 0.05) is 55.6 Å². The van der Waals surface area contributed by atoms with E-state index in [9.17, 15) is 4.79 Å². The van der Waals surface area contributed by atoms with Crippen LogP contribution in [0.2, 0.25) is 0 Å². The van der Waals surface area contributed by atoms with Crippen LogP contribution in [0.4, 0.5) is 5.69 Å². The molecule has 0 saturated carbocycles. The van der Waals surface area contributed by atoms with E-state index >= 15 is 0 Å². The van der Waals surface area contributed by atoms with Gasteiger partial charge in [-0.05, 0) is 24.1 Å². The summed E-state index contributed by atoms with van der Waals surface area (Å²) in [5, 5.41) is 9.09. The minimum atomic E-state index is -0.435. The summed E-state index contributed by atoms with van der Waals surface area (Å²) in [6.07, 6.45) is 5.30. The van der Waals surface area contributed by atoms with Crippen LogP contribution < -0.4 is 4.90 Å². The Morgan fingerprint density at radius 1 is 1.17 bits per heavy atom. The molecule has 7 heteroatoms. The van der Waals surface area contributed by atoms with Crippen molar-refractivity contribution in [3.63, 3.8) is 0 Å². The van der Waals surface area contributed by atoms with Gasteiger partial charge in [0.15, 0.2) is 5.65 Å². The molecule has 1 aliphatic heterocycles. The normalized spacial score (nSPS) is 15.6. The van der Waals surface area contributed by atoms with Crippen LogP contribution in [-0.2, 0) is 11.2 Å². The zero-order chi connectivity index (χ0) is 21.1. The van der Waals surface area contributed by atoms with Crippen LogP contribution in [-0.4, -0.2) is 70.6 Å². The predicted molar refractivity (Wildman–Crippen MR) is 119 cm³/mol. The Labute approximate surface area is 176 Å². The number of carbonyl (C=O) groups excluding carboxylic acids is 1. The van der Waals surface area contributed by atoms with Crippen LogP contribution >= 0.6 is 0 Å². The summed E-state index contributed by atoms with van der Waals surface area (Å²) in [7, 11) is 0. The lowest BCUT2D eigenvalue weighted by Gasteiger charge is -2.35. The van der Waals surface area contributed by atoms with Crippen LogP contribution in [0, 0.1) is 5.41 Å². The summed E-state index contributed by atoms with van der Waals surface area (Å²) in [4.78, 5) is 28.5. The molecule has 4 rings (SSSR count). The third-order valence-corrected chi connectivity index (χ3v) is 5.74. The number of anilines is 1. The number of fused-ring (bicyclic) bond motifs is 1. The van der Waals surface area contributed by atoms with Gasteiger partial charge in [-0.25, -0.2) is 9.97 Å². The lowest BCUT2D eigenvalue weighted by Crippen LogP contribution is -2.47. The second-order valence-electron chi connectivity index (χ2n) is 8.65. The average Bonchev–Trinajstić information content (AvgIpc) is 3.16. The highest BCUT2D eigenvalue weighted by molar-refractivity contribution is 5.79. The number of aromatic nitrogens is 3. The molecule has 0 radical (unpaired) electrons. The molecule has 0 atom stereocenters. The van der Waals surface area contributed by atoms with Crippen LogP contribution in [0.3, 0.4) is 0 Å². The van der Waals surface area contributed by atoms with Crippen molar-refractivity contribution in [1.82, 2.24) is 19.9 Å². The van der Waals surface area contributed by atoms with Crippen molar-refractivity contribution >= 4 is 23.1 Å². The van der Waals surface area contributed by atoms with E-state index in [2.05, 4.69) is 44.0 Å². The number of nitrogens with one attached hydrogen (secondary N) is 1. The van der Waals surface area contributed by atoms with E-state index in [4.69, 9.17) is 10.1 Å². The Morgan fingerprint density at radius 3 is 2.57 bits per heavy atom. The molecule has 30 heavy (non-hydrogen) atoms. The summed E-state index contributed by atoms with van der Waals surface area (Å²) in [5.41, 5.74) is 5.19. The van der Waals surface area contributed by atoms with E-state index in [0.29, 0.717) is 6.42 Å². The molecule has 1 aromatic carbocycles. The van der Waals surface area contributed by atoms with Crippen molar-refractivity contribution in [2.75, 3.05) is 44.2 Å². The van der Waals surface area contributed by atoms with Crippen molar-refractivity contribution in [2.45, 2.75) is 20.3 Å². The van der Waals surface area contributed by atoms with Crippen LogP contribution in [0.5, 0.6) is 0 Å². The number of aldehydes is 1. The molecule has 0 aliphatic carbocycles. The number of piperazine rings is 1. The van der Waals surface area contributed by atoms with Gasteiger partial charge >= 0.3 is 0 Å². The van der Waals surface area contributed by atoms with Crippen LogP contribution in [0.15, 0.2) is 36.7 Å². The minimum Gasteiger partial charge on any atom is -0.395 e. The molecule has 2 aromatic heterocycles. The molecule has 158 valence electrons. The first kappa shape index (κ1) is 20.5. The summed E-state index contributed by atoms with van der Waals surface area (Å²) >= 11 is 0. The van der Waals surface area contributed by atoms with E-state index in [0.717, 1.165) is 67.0 Å². The second kappa shape index (κ2) is 8.53. The van der Waals surface area contributed by atoms with Crippen molar-refractivity contribution in [3.05, 3.63) is 42.2 Å². The molecule has 1 saturated heterocycles. The summed E-state index contributed by atoms with van der Waals surface area (Å²) in [6.45, 7) is 8.69. The number of hydrogen-bond acceptors (Lipinski definition) is 6. The largest absolute Gasteiger partial charge is 0.395 e. The first-order chi connectivity index (χ1) is 14.5. The molecule has 1 aliphatic rings. The van der Waals surface area contributed by atoms with Gasteiger partial charge in [-0.2, -0.15) is 0 Å². The van der Waals surface area contributed by atoms with E-state index in [1.165, 1.54) is 5.69 Å². The van der Waals surface area contributed by atoms with E-state index in [-0.39, 0.29) is 6.61 Å². The molecule has 7 nitrogen and oxygen atoms in total. The van der Waals surface area contributed by atoms with Crippen molar-refractivity contribution in [3.8, 4) is 11.3 Å². The number of rotatable bonds is 7. The molecule has 0 amide bonds. The quantitative estimate of drug-likeness (QED) is 0.586. The highest BCUT2D eigenvalue weighted by Gasteiger charge is 2.21. The Hall–Kier alpha value is -2.77. The monoisotopic (exact) mass is 407 g/mol. The fraction of sp³-hybridized carbons (Fsp3) is 0.435. The number of benzene rings is 1. The lowest BCUT2D eigenvalue weighted by molar-refractivity contribution is -0.114. The number of nitrogens with zero attached hydrogens (tertiary/aromatic N) is 4. The number of carbonyl (C=O) groups is 1. The number of H-pyrrole nitrogens is 1. The maximum absolute atomic E-state index is 11.3. The number of β-amino-alcohol motifs (C(OH)–C–C–N with tert-alkyl or cyclic N) is 1. The summed E-state index contributed by atoms with van der Waals surface area (Å²) in [5.74, 6) is 0. The predicted octanol–water partition coefficient (Wildman–Crippen LogP) is 2.51. The van der Waals surface area contributed by atoms with Gasteiger partial charge in [0.1, 0.15) is 11.8 Å². The molecule has 0 bridgehead atoms. The Balaban J connectivity index is 1.52. The summed E-state index contributed by atoms with van der Waals surface area (Å²) < 4.78 is 0. The number of aromatic amines is 1. The van der Waals surface area contributed by atoms with Gasteiger partial charge in [0.2, 0.25) is 0 Å². The van der Waals surface area contributed by atoms with Crippen molar-refractivity contribution < 1.29 is 9.90 Å². The van der Waals surface area contributed by atoms with Crippen molar-refractivity contribution in [1.29, 1.82) is 0 Å². The maximum Gasteiger partial charge on any atom is 0.156 e. The fourth-order valence-electron chi connectivity index (χ4n) is 3.96. The number of hydrogen-bond donors (Lipinski definition) is 2.